The van der Waals surface area contributed by atoms with Crippen LogP contribution in [-0.4, -0.2) is 62.8 Å². The largest absolute Gasteiger partial charge is 0.453 e. The zero-order valence-corrected chi connectivity index (χ0v) is 23.7. The third-order valence-corrected chi connectivity index (χ3v) is 6.75. The van der Waals surface area contributed by atoms with E-state index in [1.807, 2.05) is 44.4 Å². The maximum absolute atomic E-state index is 13.2. The Morgan fingerprint density at radius 1 is 1.02 bits per heavy atom. The number of halogens is 1. The molecule has 1 aliphatic heterocycles. The third-order valence-electron chi connectivity index (χ3n) is 6.51. The van der Waals surface area contributed by atoms with Crippen molar-refractivity contribution in [3.8, 4) is 0 Å². The summed E-state index contributed by atoms with van der Waals surface area (Å²) in [6.07, 6.45) is 0.265. The van der Waals surface area contributed by atoms with Gasteiger partial charge in [0, 0.05) is 35.6 Å². The molecular weight excluding hydrogens is 530 g/mol. The van der Waals surface area contributed by atoms with E-state index in [0.717, 1.165) is 24.2 Å². The van der Waals surface area contributed by atoms with Gasteiger partial charge in [0.05, 0.1) is 18.5 Å². The molecule has 0 bridgehead atoms. The maximum atomic E-state index is 13.2. The molecule has 1 unspecified atom stereocenters. The number of fused-ring (bicyclic) bond motifs is 1. The number of nitrogens with zero attached hydrogens (tertiary/aromatic N) is 3. The number of rotatable bonds is 9. The number of ether oxygens (including phenoxy) is 1. The van der Waals surface area contributed by atoms with Crippen LogP contribution in [0.15, 0.2) is 71.7 Å². The summed E-state index contributed by atoms with van der Waals surface area (Å²) in [7, 11) is 5.30. The number of hydrogen-bond donors (Lipinski definition) is 2. The average Bonchev–Trinajstić information content (AvgIpc) is 3.24. The highest BCUT2D eigenvalue weighted by Gasteiger charge is 2.35. The lowest BCUT2D eigenvalue weighted by atomic mass is 9.90. The first kappa shape index (κ1) is 28.8. The number of methoxy groups -OCH3 is 1. The summed E-state index contributed by atoms with van der Waals surface area (Å²) in [5, 5.41) is 6.05. The summed E-state index contributed by atoms with van der Waals surface area (Å²) in [6, 6.07) is 19.7. The zero-order valence-electron chi connectivity index (χ0n) is 22.9. The topological polar surface area (TPSA) is 103 Å². The van der Waals surface area contributed by atoms with E-state index in [1.54, 1.807) is 48.2 Å². The van der Waals surface area contributed by atoms with Gasteiger partial charge in [0.25, 0.3) is 0 Å². The molecule has 0 saturated heterocycles. The van der Waals surface area contributed by atoms with Crippen LogP contribution in [-0.2, 0) is 14.3 Å². The summed E-state index contributed by atoms with van der Waals surface area (Å²) in [4.78, 5) is 45.9. The van der Waals surface area contributed by atoms with Gasteiger partial charge in [0.15, 0.2) is 0 Å². The van der Waals surface area contributed by atoms with Gasteiger partial charge in [-0.05, 0) is 86.7 Å². The van der Waals surface area contributed by atoms with E-state index in [0.29, 0.717) is 39.9 Å². The molecule has 0 aliphatic carbocycles. The summed E-state index contributed by atoms with van der Waals surface area (Å²) in [6.45, 7) is 3.04. The normalized spacial score (nSPS) is 14.5. The molecule has 0 fully saturated rings. The SMILES string of the molecule is COC(=O)Nc1ccc(C(=Nc2ccc(N(CCCN(C)C)C(C)=O)cc2)C2C(=O)Nc3cc(Cl)ccc32)cc1. The van der Waals surface area contributed by atoms with Crippen molar-refractivity contribution in [3.63, 3.8) is 0 Å². The summed E-state index contributed by atoms with van der Waals surface area (Å²) in [5.41, 5.74) is 4.60. The summed E-state index contributed by atoms with van der Waals surface area (Å²) < 4.78 is 4.66. The van der Waals surface area contributed by atoms with Gasteiger partial charge < -0.3 is 19.9 Å². The predicted octanol–water partition coefficient (Wildman–Crippen LogP) is 5.68. The van der Waals surface area contributed by atoms with Crippen molar-refractivity contribution in [1.29, 1.82) is 0 Å². The Hall–Kier alpha value is -4.21. The summed E-state index contributed by atoms with van der Waals surface area (Å²) >= 11 is 6.17. The third kappa shape index (κ3) is 6.86. The van der Waals surface area contributed by atoms with Crippen LogP contribution < -0.4 is 15.5 Å². The van der Waals surface area contributed by atoms with Crippen LogP contribution in [0.4, 0.5) is 27.5 Å². The second-order valence-electron chi connectivity index (χ2n) is 9.69. The molecule has 2 N–H and O–H groups in total. The monoisotopic (exact) mass is 561 g/mol. The fourth-order valence-corrected chi connectivity index (χ4v) is 4.73. The number of benzene rings is 3. The highest BCUT2D eigenvalue weighted by molar-refractivity contribution is 6.31. The smallest absolute Gasteiger partial charge is 0.411 e. The van der Waals surface area contributed by atoms with Gasteiger partial charge in [0.1, 0.15) is 5.92 Å². The van der Waals surface area contributed by atoms with Crippen LogP contribution in [0, 0.1) is 0 Å². The molecule has 0 radical (unpaired) electrons. The Kier molecular flexibility index (Phi) is 9.19. The maximum Gasteiger partial charge on any atom is 0.411 e. The first-order chi connectivity index (χ1) is 19.2. The van der Waals surface area contributed by atoms with Crippen molar-refractivity contribution in [2.75, 3.05) is 49.8 Å². The molecule has 40 heavy (non-hydrogen) atoms. The molecular formula is C30H32ClN5O4. The number of carbonyl (C=O) groups excluding carboxylic acids is 3. The zero-order chi connectivity index (χ0) is 28.8. The quantitative estimate of drug-likeness (QED) is 0.327. The fourth-order valence-electron chi connectivity index (χ4n) is 4.55. The van der Waals surface area contributed by atoms with Crippen LogP contribution in [0.1, 0.15) is 30.4 Å². The Morgan fingerprint density at radius 3 is 2.35 bits per heavy atom. The Balaban J connectivity index is 1.70. The lowest BCUT2D eigenvalue weighted by molar-refractivity contribution is -0.117. The van der Waals surface area contributed by atoms with E-state index in [2.05, 4.69) is 20.3 Å². The Labute approximate surface area is 238 Å². The van der Waals surface area contributed by atoms with Gasteiger partial charge in [-0.3, -0.25) is 19.9 Å². The van der Waals surface area contributed by atoms with E-state index in [1.165, 1.54) is 7.11 Å². The van der Waals surface area contributed by atoms with Gasteiger partial charge in [-0.15, -0.1) is 0 Å². The molecule has 1 aliphatic rings. The van der Waals surface area contributed by atoms with Gasteiger partial charge in [-0.2, -0.15) is 0 Å². The molecule has 1 atom stereocenters. The lowest BCUT2D eigenvalue weighted by Gasteiger charge is -2.22. The minimum Gasteiger partial charge on any atom is -0.453 e. The number of carbonyl (C=O) groups is 3. The van der Waals surface area contributed by atoms with Crippen molar-refractivity contribution < 1.29 is 19.1 Å². The molecule has 208 valence electrons. The van der Waals surface area contributed by atoms with Gasteiger partial charge in [0.2, 0.25) is 11.8 Å². The van der Waals surface area contributed by atoms with Gasteiger partial charge >= 0.3 is 6.09 Å². The Bertz CT molecular complexity index is 1420. The highest BCUT2D eigenvalue weighted by atomic mass is 35.5. The average molecular weight is 562 g/mol. The molecule has 4 rings (SSSR count). The summed E-state index contributed by atoms with van der Waals surface area (Å²) in [5.74, 6) is -0.923. The molecule has 1 heterocycles. The van der Waals surface area contributed by atoms with Gasteiger partial charge in [-0.1, -0.05) is 29.8 Å². The van der Waals surface area contributed by atoms with Crippen molar-refractivity contribution in [3.05, 3.63) is 82.9 Å². The van der Waals surface area contributed by atoms with Crippen molar-refractivity contribution in [2.24, 2.45) is 4.99 Å². The number of hydrogen-bond acceptors (Lipinski definition) is 6. The van der Waals surface area contributed by atoms with Crippen molar-refractivity contribution in [1.82, 2.24) is 4.90 Å². The highest BCUT2D eigenvalue weighted by Crippen LogP contribution is 2.38. The molecule has 9 nitrogen and oxygen atoms in total. The van der Waals surface area contributed by atoms with E-state index >= 15 is 0 Å². The van der Waals surface area contributed by atoms with E-state index in [4.69, 9.17) is 16.6 Å². The number of amides is 3. The van der Waals surface area contributed by atoms with Crippen LogP contribution >= 0.6 is 11.6 Å². The van der Waals surface area contributed by atoms with Crippen LogP contribution in [0.5, 0.6) is 0 Å². The molecule has 3 aromatic rings. The van der Waals surface area contributed by atoms with E-state index in [9.17, 15) is 14.4 Å². The second kappa shape index (κ2) is 12.8. The van der Waals surface area contributed by atoms with Crippen molar-refractivity contribution in [2.45, 2.75) is 19.3 Å². The minimum absolute atomic E-state index is 0.0331. The number of nitrogens with one attached hydrogen (secondary N) is 2. The standard InChI is InChI=1S/C30H32ClN5O4/c1-19(37)36(17-5-16-35(2)3)24-13-11-22(12-14-24)32-28(20-6-9-23(10-7-20)33-30(39)40-4)27-25-15-8-21(31)18-26(25)34-29(27)38/h6-15,18,27H,5,16-17H2,1-4H3,(H,33,39)(H,34,38). The van der Waals surface area contributed by atoms with E-state index in [-0.39, 0.29) is 11.8 Å². The fraction of sp³-hybridized carbons (Fsp3) is 0.267. The minimum atomic E-state index is -0.675. The molecule has 3 amide bonds. The first-order valence-electron chi connectivity index (χ1n) is 12.8. The van der Waals surface area contributed by atoms with E-state index < -0.39 is 12.0 Å². The molecule has 10 heteroatoms. The van der Waals surface area contributed by atoms with Crippen LogP contribution in [0.25, 0.3) is 0 Å². The predicted molar refractivity (Wildman–Crippen MR) is 159 cm³/mol. The van der Waals surface area contributed by atoms with Crippen LogP contribution in [0.3, 0.4) is 0 Å². The molecule has 3 aromatic carbocycles. The molecule has 0 saturated carbocycles. The van der Waals surface area contributed by atoms with Crippen molar-refractivity contribution >= 4 is 58.0 Å². The Morgan fingerprint density at radius 2 is 1.73 bits per heavy atom. The molecule has 0 spiro atoms. The van der Waals surface area contributed by atoms with Crippen LogP contribution in [0.2, 0.25) is 5.02 Å². The number of anilines is 3. The first-order valence-corrected chi connectivity index (χ1v) is 13.2. The molecule has 0 aromatic heterocycles. The lowest BCUT2D eigenvalue weighted by Crippen LogP contribution is -2.31. The number of aliphatic imine (C=N–C) groups is 1. The van der Waals surface area contributed by atoms with Gasteiger partial charge in [-0.25, -0.2) is 4.79 Å². The second-order valence-corrected chi connectivity index (χ2v) is 10.1.